The third-order valence-electron chi connectivity index (χ3n) is 2.51. The van der Waals surface area contributed by atoms with Crippen molar-refractivity contribution in [3.8, 4) is 6.07 Å². The lowest BCUT2D eigenvalue weighted by atomic mass is 9.95. The van der Waals surface area contributed by atoms with Crippen LogP contribution in [-0.2, 0) is 0 Å². The van der Waals surface area contributed by atoms with Crippen molar-refractivity contribution in [3.63, 3.8) is 0 Å². The molecule has 0 saturated carbocycles. The Morgan fingerprint density at radius 1 is 1.32 bits per heavy atom. The molecule has 0 saturated heterocycles. The largest absolute Gasteiger partial charge is 0.291 e. The highest BCUT2D eigenvalue weighted by Gasteiger charge is 2.25. The van der Waals surface area contributed by atoms with E-state index in [4.69, 9.17) is 23.2 Å². The van der Waals surface area contributed by atoms with E-state index in [2.05, 4.69) is 15.9 Å². The molecule has 1 aromatic carbocycles. The van der Waals surface area contributed by atoms with Gasteiger partial charge in [-0.3, -0.25) is 4.79 Å². The molecule has 0 fully saturated rings. The van der Waals surface area contributed by atoms with Crippen LogP contribution in [0.15, 0.2) is 34.1 Å². The Hall–Kier alpha value is -0.860. The monoisotopic (exact) mass is 373 g/mol. The summed E-state index contributed by atoms with van der Waals surface area (Å²) in [4.78, 5) is 12.9. The number of rotatable bonds is 3. The van der Waals surface area contributed by atoms with E-state index in [0.717, 1.165) is 0 Å². The number of nitriles is 1. The van der Waals surface area contributed by atoms with E-state index in [1.54, 1.807) is 29.6 Å². The molecule has 0 spiro atoms. The molecule has 1 unspecified atom stereocenters. The minimum absolute atomic E-state index is 0.247. The smallest absolute Gasteiger partial charge is 0.195 e. The number of carbonyl (C=O) groups is 1. The fourth-order valence-corrected chi connectivity index (χ4v) is 3.42. The standard InChI is InChI=1S/C13H6BrCl2NOS/c14-9-3-4-19-13(9)12(18)8(6-17)7-1-2-10(15)11(16)5-7/h1-5,8H. The maximum Gasteiger partial charge on any atom is 0.195 e. The van der Waals surface area contributed by atoms with Gasteiger partial charge < -0.3 is 0 Å². The van der Waals surface area contributed by atoms with E-state index < -0.39 is 5.92 Å². The van der Waals surface area contributed by atoms with Gasteiger partial charge in [-0.25, -0.2) is 0 Å². The van der Waals surface area contributed by atoms with Crippen LogP contribution in [0.25, 0.3) is 0 Å². The van der Waals surface area contributed by atoms with Crippen molar-refractivity contribution in [3.05, 3.63) is 54.6 Å². The molecule has 0 aliphatic rings. The summed E-state index contributed by atoms with van der Waals surface area (Å²) in [7, 11) is 0. The topological polar surface area (TPSA) is 40.9 Å². The average Bonchev–Trinajstić information content (AvgIpc) is 2.80. The van der Waals surface area contributed by atoms with Gasteiger partial charge in [0.05, 0.1) is 21.0 Å². The molecule has 2 rings (SSSR count). The summed E-state index contributed by atoms with van der Waals surface area (Å²) in [5.41, 5.74) is 0.544. The lowest BCUT2D eigenvalue weighted by molar-refractivity contribution is 0.0982. The SMILES string of the molecule is N#CC(C(=O)c1sccc1Br)c1ccc(Cl)c(Cl)c1. The number of hydrogen-bond donors (Lipinski definition) is 0. The second-order valence-corrected chi connectivity index (χ2v) is 6.28. The number of halogens is 3. The van der Waals surface area contributed by atoms with Gasteiger partial charge in [0.1, 0.15) is 5.92 Å². The van der Waals surface area contributed by atoms with Crippen molar-refractivity contribution in [1.82, 2.24) is 0 Å². The summed E-state index contributed by atoms with van der Waals surface area (Å²) < 4.78 is 0.697. The molecule has 0 amide bonds. The number of Topliss-reactive ketones (excluding diaryl/α,β-unsaturated/α-hetero) is 1. The third kappa shape index (κ3) is 3.01. The van der Waals surface area contributed by atoms with Crippen molar-refractivity contribution in [1.29, 1.82) is 5.26 Å². The normalized spacial score (nSPS) is 11.9. The second kappa shape index (κ2) is 6.06. The molecule has 1 aromatic heterocycles. The number of thiophene rings is 1. The van der Waals surface area contributed by atoms with Crippen LogP contribution in [-0.4, -0.2) is 5.78 Å². The summed E-state index contributed by atoms with van der Waals surface area (Å²) in [6, 6.07) is 8.57. The van der Waals surface area contributed by atoms with Gasteiger partial charge >= 0.3 is 0 Å². The van der Waals surface area contributed by atoms with Gasteiger partial charge in [-0.05, 0) is 45.1 Å². The quantitative estimate of drug-likeness (QED) is 0.683. The van der Waals surface area contributed by atoms with Crippen LogP contribution < -0.4 is 0 Å². The Morgan fingerprint density at radius 3 is 2.58 bits per heavy atom. The molecule has 19 heavy (non-hydrogen) atoms. The molecule has 0 radical (unpaired) electrons. The Kier molecular flexibility index (Phi) is 4.64. The van der Waals surface area contributed by atoms with Crippen LogP contribution >= 0.6 is 50.5 Å². The van der Waals surface area contributed by atoms with Gasteiger partial charge in [-0.1, -0.05) is 29.3 Å². The molecular formula is C13H6BrCl2NOS. The predicted octanol–water partition coefficient (Wildman–Crippen LogP) is 5.31. The molecule has 0 aliphatic carbocycles. The van der Waals surface area contributed by atoms with Gasteiger partial charge in [0, 0.05) is 4.47 Å². The van der Waals surface area contributed by atoms with E-state index in [1.807, 2.05) is 6.07 Å². The number of nitrogens with zero attached hydrogens (tertiary/aromatic N) is 1. The molecule has 0 bridgehead atoms. The highest BCUT2D eigenvalue weighted by molar-refractivity contribution is 9.10. The van der Waals surface area contributed by atoms with Gasteiger partial charge in [-0.2, -0.15) is 5.26 Å². The van der Waals surface area contributed by atoms with Crippen molar-refractivity contribution < 1.29 is 4.79 Å². The van der Waals surface area contributed by atoms with E-state index in [9.17, 15) is 10.1 Å². The number of hydrogen-bond acceptors (Lipinski definition) is 3. The molecule has 0 aliphatic heterocycles. The van der Waals surface area contributed by atoms with Crippen LogP contribution in [0.1, 0.15) is 21.2 Å². The number of benzene rings is 1. The molecule has 6 heteroatoms. The molecule has 1 atom stereocenters. The third-order valence-corrected chi connectivity index (χ3v) is 5.10. The van der Waals surface area contributed by atoms with E-state index >= 15 is 0 Å². The molecule has 96 valence electrons. The first-order valence-electron chi connectivity index (χ1n) is 5.16. The minimum atomic E-state index is -0.885. The van der Waals surface area contributed by atoms with Crippen LogP contribution in [0.4, 0.5) is 0 Å². The van der Waals surface area contributed by atoms with Crippen molar-refractivity contribution in [2.75, 3.05) is 0 Å². The molecule has 0 N–H and O–H groups in total. The van der Waals surface area contributed by atoms with Gasteiger partial charge in [-0.15, -0.1) is 11.3 Å². The van der Waals surface area contributed by atoms with Crippen molar-refractivity contribution in [2.45, 2.75) is 5.92 Å². The van der Waals surface area contributed by atoms with E-state index in [0.29, 0.717) is 25.0 Å². The van der Waals surface area contributed by atoms with Gasteiger partial charge in [0.15, 0.2) is 5.78 Å². The van der Waals surface area contributed by atoms with E-state index in [-0.39, 0.29) is 5.78 Å². The lowest BCUT2D eigenvalue weighted by Gasteiger charge is -2.08. The highest BCUT2D eigenvalue weighted by Crippen LogP contribution is 2.31. The Balaban J connectivity index is 2.41. The Bertz CT molecular complexity index is 678. The first-order chi connectivity index (χ1) is 9.04. The second-order valence-electron chi connectivity index (χ2n) is 3.70. The van der Waals surface area contributed by atoms with Crippen LogP contribution in [0.2, 0.25) is 10.0 Å². The fraction of sp³-hybridized carbons (Fsp3) is 0.0769. The summed E-state index contributed by atoms with van der Waals surface area (Å²) in [6.07, 6.45) is 0. The van der Waals surface area contributed by atoms with Crippen LogP contribution in [0.3, 0.4) is 0 Å². The van der Waals surface area contributed by atoms with Crippen molar-refractivity contribution in [2.24, 2.45) is 0 Å². The van der Waals surface area contributed by atoms with E-state index in [1.165, 1.54) is 11.3 Å². The predicted molar refractivity (Wildman–Crippen MR) is 81.2 cm³/mol. The first-order valence-corrected chi connectivity index (χ1v) is 7.59. The summed E-state index contributed by atoms with van der Waals surface area (Å²) in [5, 5.41) is 11.8. The summed E-state index contributed by atoms with van der Waals surface area (Å²) >= 11 is 16.3. The molecule has 2 nitrogen and oxygen atoms in total. The molecule has 1 heterocycles. The van der Waals surface area contributed by atoms with Crippen molar-refractivity contribution >= 4 is 56.3 Å². The maximum absolute atomic E-state index is 12.3. The zero-order valence-electron chi connectivity index (χ0n) is 9.36. The minimum Gasteiger partial charge on any atom is -0.291 e. The Morgan fingerprint density at radius 2 is 2.05 bits per heavy atom. The lowest BCUT2D eigenvalue weighted by Crippen LogP contribution is -2.10. The zero-order valence-corrected chi connectivity index (χ0v) is 13.3. The average molecular weight is 375 g/mol. The maximum atomic E-state index is 12.3. The van der Waals surface area contributed by atoms with Crippen LogP contribution in [0, 0.1) is 11.3 Å². The Labute approximate surface area is 132 Å². The fourth-order valence-electron chi connectivity index (χ4n) is 1.58. The number of carbonyl (C=O) groups excluding carboxylic acids is 1. The van der Waals surface area contributed by atoms with Crippen LogP contribution in [0.5, 0.6) is 0 Å². The zero-order chi connectivity index (χ0) is 14.0. The summed E-state index contributed by atoms with van der Waals surface area (Å²) in [6.45, 7) is 0. The first kappa shape index (κ1) is 14.5. The number of ketones is 1. The highest BCUT2D eigenvalue weighted by atomic mass is 79.9. The van der Waals surface area contributed by atoms with Gasteiger partial charge in [0.2, 0.25) is 0 Å². The van der Waals surface area contributed by atoms with Gasteiger partial charge in [0.25, 0.3) is 0 Å². The summed E-state index contributed by atoms with van der Waals surface area (Å²) in [5.74, 6) is -1.13. The molecule has 2 aromatic rings. The molecular weight excluding hydrogens is 369 g/mol.